The summed E-state index contributed by atoms with van der Waals surface area (Å²) >= 11 is 2.73. The highest BCUT2D eigenvalue weighted by atomic mass is 32.1. The second-order valence-corrected chi connectivity index (χ2v) is 6.43. The Morgan fingerprint density at radius 2 is 2.19 bits per heavy atom. The molecule has 108 valence electrons. The number of carboxylic acid groups (broad SMARTS) is 1. The van der Waals surface area contributed by atoms with E-state index in [1.807, 2.05) is 12.3 Å². The summed E-state index contributed by atoms with van der Waals surface area (Å²) in [6, 6.07) is -0.00400. The molecule has 0 unspecified atom stereocenters. The van der Waals surface area contributed by atoms with Crippen LogP contribution in [-0.4, -0.2) is 26.0 Å². The number of aromatic nitrogens is 3. The van der Waals surface area contributed by atoms with Gasteiger partial charge in [0.05, 0.1) is 11.4 Å². The van der Waals surface area contributed by atoms with Crippen LogP contribution in [0, 0.1) is 6.92 Å². The molecule has 21 heavy (non-hydrogen) atoms. The summed E-state index contributed by atoms with van der Waals surface area (Å²) in [5, 5.41) is 16.2. The Balaban J connectivity index is 2.04. The number of aromatic carboxylic acids is 1. The zero-order valence-electron chi connectivity index (χ0n) is 11.3. The molecule has 3 aromatic rings. The SMILES string of the molecule is Cc1c(C(=O)O)sc2ncnc(N[C@H](C)c3nccs3)c12. The van der Waals surface area contributed by atoms with Crippen LogP contribution in [0.5, 0.6) is 0 Å². The zero-order chi connectivity index (χ0) is 15.0. The molecular weight excluding hydrogens is 308 g/mol. The van der Waals surface area contributed by atoms with Crippen LogP contribution in [0.2, 0.25) is 0 Å². The van der Waals surface area contributed by atoms with Crippen molar-refractivity contribution < 1.29 is 9.90 Å². The van der Waals surface area contributed by atoms with Crippen molar-refractivity contribution in [2.24, 2.45) is 0 Å². The van der Waals surface area contributed by atoms with Gasteiger partial charge in [-0.25, -0.2) is 19.7 Å². The number of thiazole rings is 1. The molecule has 0 saturated heterocycles. The van der Waals surface area contributed by atoms with E-state index in [1.54, 1.807) is 24.5 Å². The minimum atomic E-state index is -0.936. The summed E-state index contributed by atoms with van der Waals surface area (Å²) in [6.07, 6.45) is 3.20. The fourth-order valence-corrected chi connectivity index (χ4v) is 3.73. The standard InChI is InChI=1S/C13H12N4O2S2/c1-6-8-10(17-7(2)11-14-3-4-20-11)15-5-16-12(8)21-9(6)13(18)19/h3-5,7H,1-2H3,(H,18,19)(H,15,16,17)/t7-/m1/s1. The lowest BCUT2D eigenvalue weighted by Crippen LogP contribution is -2.08. The molecule has 0 radical (unpaired) electrons. The van der Waals surface area contributed by atoms with Crippen molar-refractivity contribution in [1.82, 2.24) is 15.0 Å². The number of nitrogens with one attached hydrogen (secondary N) is 1. The number of nitrogens with zero attached hydrogens (tertiary/aromatic N) is 3. The predicted molar refractivity (Wildman–Crippen MR) is 83.3 cm³/mol. The Hall–Kier alpha value is -2.06. The van der Waals surface area contributed by atoms with E-state index in [2.05, 4.69) is 20.3 Å². The number of aryl methyl sites for hydroxylation is 1. The molecule has 0 aliphatic heterocycles. The van der Waals surface area contributed by atoms with E-state index in [9.17, 15) is 9.90 Å². The van der Waals surface area contributed by atoms with E-state index in [1.165, 1.54) is 17.7 Å². The number of rotatable bonds is 4. The maximum atomic E-state index is 11.2. The summed E-state index contributed by atoms with van der Waals surface area (Å²) in [5.41, 5.74) is 0.692. The van der Waals surface area contributed by atoms with Crippen LogP contribution >= 0.6 is 22.7 Å². The number of hydrogen-bond acceptors (Lipinski definition) is 7. The summed E-state index contributed by atoms with van der Waals surface area (Å²) < 4.78 is 0. The van der Waals surface area contributed by atoms with Crippen LogP contribution in [0.1, 0.15) is 33.2 Å². The van der Waals surface area contributed by atoms with Crippen molar-refractivity contribution in [2.75, 3.05) is 5.32 Å². The average Bonchev–Trinajstić information content (AvgIpc) is 3.07. The third kappa shape index (κ3) is 2.47. The second-order valence-electron chi connectivity index (χ2n) is 4.50. The molecule has 3 heterocycles. The molecule has 0 saturated carbocycles. The molecule has 0 aliphatic rings. The van der Waals surface area contributed by atoms with Gasteiger partial charge in [-0.1, -0.05) is 0 Å². The molecule has 0 fully saturated rings. The Morgan fingerprint density at radius 1 is 1.38 bits per heavy atom. The monoisotopic (exact) mass is 320 g/mol. The first-order chi connectivity index (χ1) is 10.1. The number of anilines is 1. The second kappa shape index (κ2) is 5.38. The highest BCUT2D eigenvalue weighted by molar-refractivity contribution is 7.20. The Bertz CT molecular complexity index is 798. The van der Waals surface area contributed by atoms with Crippen molar-refractivity contribution in [3.63, 3.8) is 0 Å². The van der Waals surface area contributed by atoms with Gasteiger partial charge in [-0.2, -0.15) is 0 Å². The number of carbonyl (C=O) groups is 1. The smallest absolute Gasteiger partial charge is 0.346 e. The molecule has 3 rings (SSSR count). The van der Waals surface area contributed by atoms with Crippen LogP contribution in [0.15, 0.2) is 17.9 Å². The van der Waals surface area contributed by atoms with Crippen molar-refractivity contribution in [2.45, 2.75) is 19.9 Å². The van der Waals surface area contributed by atoms with Gasteiger partial charge in [0.2, 0.25) is 0 Å². The number of fused-ring (bicyclic) bond motifs is 1. The fourth-order valence-electron chi connectivity index (χ4n) is 2.10. The number of thiophene rings is 1. The van der Waals surface area contributed by atoms with Crippen molar-refractivity contribution in [3.05, 3.63) is 33.4 Å². The summed E-state index contributed by atoms with van der Waals surface area (Å²) in [7, 11) is 0. The normalized spacial score (nSPS) is 12.5. The highest BCUT2D eigenvalue weighted by Gasteiger charge is 2.19. The van der Waals surface area contributed by atoms with E-state index in [0.717, 1.165) is 10.4 Å². The van der Waals surface area contributed by atoms with Crippen LogP contribution in [0.4, 0.5) is 5.82 Å². The molecule has 3 aromatic heterocycles. The molecule has 6 nitrogen and oxygen atoms in total. The molecule has 0 aliphatic carbocycles. The van der Waals surface area contributed by atoms with E-state index in [-0.39, 0.29) is 6.04 Å². The minimum Gasteiger partial charge on any atom is -0.477 e. The molecule has 0 bridgehead atoms. The zero-order valence-corrected chi connectivity index (χ0v) is 13.0. The molecular formula is C13H12N4O2S2. The van der Waals surface area contributed by atoms with Gasteiger partial charge in [0.1, 0.15) is 26.9 Å². The lowest BCUT2D eigenvalue weighted by molar-refractivity contribution is 0.0701. The predicted octanol–water partition coefficient (Wildman–Crippen LogP) is 3.33. The first-order valence-corrected chi connectivity index (χ1v) is 7.91. The Labute approximate surface area is 128 Å². The van der Waals surface area contributed by atoms with Gasteiger partial charge in [0.15, 0.2) is 0 Å². The third-order valence-electron chi connectivity index (χ3n) is 3.10. The van der Waals surface area contributed by atoms with Crippen molar-refractivity contribution in [1.29, 1.82) is 0 Å². The maximum absolute atomic E-state index is 11.2. The van der Waals surface area contributed by atoms with Gasteiger partial charge in [0, 0.05) is 11.6 Å². The topological polar surface area (TPSA) is 88.0 Å². The Morgan fingerprint density at radius 3 is 2.86 bits per heavy atom. The number of hydrogen-bond donors (Lipinski definition) is 2. The molecule has 0 spiro atoms. The van der Waals surface area contributed by atoms with Gasteiger partial charge in [-0.3, -0.25) is 0 Å². The minimum absolute atomic E-state index is 0.00400. The highest BCUT2D eigenvalue weighted by Crippen LogP contribution is 2.34. The molecule has 0 aromatic carbocycles. The first-order valence-electron chi connectivity index (χ1n) is 6.21. The summed E-state index contributed by atoms with van der Waals surface area (Å²) in [5.74, 6) is -0.293. The third-order valence-corrected chi connectivity index (χ3v) is 5.24. The van der Waals surface area contributed by atoms with E-state index < -0.39 is 5.97 Å². The van der Waals surface area contributed by atoms with E-state index in [4.69, 9.17) is 0 Å². The van der Waals surface area contributed by atoms with Crippen molar-refractivity contribution in [3.8, 4) is 0 Å². The molecule has 1 atom stereocenters. The Kier molecular flexibility index (Phi) is 3.56. The number of carboxylic acids is 1. The lowest BCUT2D eigenvalue weighted by atomic mass is 10.2. The molecule has 0 amide bonds. The maximum Gasteiger partial charge on any atom is 0.346 e. The van der Waals surface area contributed by atoms with Crippen molar-refractivity contribution >= 4 is 44.7 Å². The lowest BCUT2D eigenvalue weighted by Gasteiger charge is -2.12. The van der Waals surface area contributed by atoms with Gasteiger partial charge >= 0.3 is 5.97 Å². The van der Waals surface area contributed by atoms with Gasteiger partial charge in [-0.15, -0.1) is 22.7 Å². The van der Waals surface area contributed by atoms with Crippen LogP contribution in [0.3, 0.4) is 0 Å². The van der Waals surface area contributed by atoms with E-state index >= 15 is 0 Å². The quantitative estimate of drug-likeness (QED) is 0.766. The largest absolute Gasteiger partial charge is 0.477 e. The van der Waals surface area contributed by atoms with E-state index in [0.29, 0.717) is 21.1 Å². The summed E-state index contributed by atoms with van der Waals surface area (Å²) in [4.78, 5) is 24.9. The molecule has 8 heteroatoms. The fraction of sp³-hybridized carbons (Fsp3) is 0.231. The molecule has 2 N–H and O–H groups in total. The first kappa shape index (κ1) is 13.9. The van der Waals surface area contributed by atoms with Gasteiger partial charge in [-0.05, 0) is 19.4 Å². The van der Waals surface area contributed by atoms with Gasteiger partial charge in [0.25, 0.3) is 0 Å². The van der Waals surface area contributed by atoms with Crippen LogP contribution < -0.4 is 5.32 Å². The van der Waals surface area contributed by atoms with Crippen LogP contribution in [0.25, 0.3) is 10.2 Å². The average molecular weight is 320 g/mol. The van der Waals surface area contributed by atoms with Crippen LogP contribution in [-0.2, 0) is 0 Å². The van der Waals surface area contributed by atoms with Gasteiger partial charge < -0.3 is 10.4 Å². The summed E-state index contributed by atoms with van der Waals surface area (Å²) in [6.45, 7) is 3.78.